The van der Waals surface area contributed by atoms with E-state index in [0.29, 0.717) is 5.75 Å². The zero-order chi connectivity index (χ0) is 21.0. The highest BCUT2D eigenvalue weighted by molar-refractivity contribution is 7.93. The van der Waals surface area contributed by atoms with Gasteiger partial charge in [-0.2, -0.15) is 5.10 Å². The molecule has 152 valence electrons. The van der Waals surface area contributed by atoms with Gasteiger partial charge in [-0.3, -0.25) is 20.3 Å². The van der Waals surface area contributed by atoms with Crippen LogP contribution in [-0.4, -0.2) is 26.2 Å². The molecule has 2 N–H and O–H groups in total. The molecule has 0 aliphatic heterocycles. The Bertz CT molecular complexity index is 1110. The quantitative estimate of drug-likeness (QED) is 0.521. The standard InChI is InChI=1S/C19H20N4O5S/c1-13-7-8-14(11-13)20-21-17-10-9-15(23(24)25)12-19(17)29(26,27)22-16-5-3-4-6-18(16)28-2/h3-6,9-12,21-22H,7-8H2,1-2H3/b20-14-. The number of nitro groups is 1. The van der Waals surface area contributed by atoms with Crippen molar-refractivity contribution in [2.24, 2.45) is 5.10 Å². The summed E-state index contributed by atoms with van der Waals surface area (Å²) in [6.07, 6.45) is 3.55. The summed E-state index contributed by atoms with van der Waals surface area (Å²) >= 11 is 0. The minimum atomic E-state index is -4.17. The van der Waals surface area contributed by atoms with Gasteiger partial charge in [-0.05, 0) is 44.0 Å². The van der Waals surface area contributed by atoms with E-state index in [9.17, 15) is 18.5 Å². The summed E-state index contributed by atoms with van der Waals surface area (Å²) in [7, 11) is -2.75. The van der Waals surface area contributed by atoms with Crippen LogP contribution in [0, 0.1) is 10.1 Å². The molecule has 0 unspecified atom stereocenters. The Morgan fingerprint density at radius 1 is 1.14 bits per heavy atom. The summed E-state index contributed by atoms with van der Waals surface area (Å²) in [6.45, 7) is 1.99. The SMILES string of the molecule is COc1ccccc1NS(=O)(=O)c1cc([N+](=O)[O-])ccc1N/N=C1\C=C(C)CC1. The van der Waals surface area contributed by atoms with Crippen molar-refractivity contribution in [3.63, 3.8) is 0 Å². The second-order valence-corrected chi connectivity index (χ2v) is 8.10. The molecule has 1 aliphatic rings. The van der Waals surface area contributed by atoms with Crippen LogP contribution in [-0.2, 0) is 10.0 Å². The van der Waals surface area contributed by atoms with Crippen LogP contribution in [0.5, 0.6) is 5.75 Å². The summed E-state index contributed by atoms with van der Waals surface area (Å²) < 4.78 is 33.6. The third-order valence-corrected chi connectivity index (χ3v) is 5.73. The van der Waals surface area contributed by atoms with Gasteiger partial charge >= 0.3 is 0 Å². The van der Waals surface area contributed by atoms with Gasteiger partial charge in [0.2, 0.25) is 0 Å². The predicted octanol–water partition coefficient (Wildman–Crippen LogP) is 3.91. The predicted molar refractivity (Wildman–Crippen MR) is 111 cm³/mol. The van der Waals surface area contributed by atoms with E-state index in [-0.39, 0.29) is 22.0 Å². The second kappa shape index (κ2) is 8.31. The maximum absolute atomic E-state index is 13.0. The van der Waals surface area contributed by atoms with Crippen molar-refractivity contribution in [3.8, 4) is 5.75 Å². The fourth-order valence-corrected chi connectivity index (χ4v) is 4.09. The van der Waals surface area contributed by atoms with Crippen molar-refractivity contribution in [1.29, 1.82) is 0 Å². The number of nitro benzene ring substituents is 1. The van der Waals surface area contributed by atoms with Gasteiger partial charge in [0.1, 0.15) is 10.6 Å². The number of nitrogens with zero attached hydrogens (tertiary/aromatic N) is 2. The van der Waals surface area contributed by atoms with Crippen molar-refractivity contribution < 1.29 is 18.1 Å². The fraction of sp³-hybridized carbons (Fsp3) is 0.211. The number of rotatable bonds is 7. The molecule has 0 spiro atoms. The van der Waals surface area contributed by atoms with Crippen molar-refractivity contribution in [1.82, 2.24) is 0 Å². The summed E-state index contributed by atoms with van der Waals surface area (Å²) in [5.41, 5.74) is 4.69. The first-order chi connectivity index (χ1) is 13.8. The maximum Gasteiger partial charge on any atom is 0.270 e. The van der Waals surface area contributed by atoms with Crippen molar-refractivity contribution in [2.45, 2.75) is 24.7 Å². The van der Waals surface area contributed by atoms with E-state index in [4.69, 9.17) is 4.74 Å². The third-order valence-electron chi connectivity index (χ3n) is 4.33. The van der Waals surface area contributed by atoms with Gasteiger partial charge in [0.25, 0.3) is 15.7 Å². The van der Waals surface area contributed by atoms with E-state index in [1.165, 1.54) is 30.9 Å². The molecule has 0 radical (unpaired) electrons. The first-order valence-corrected chi connectivity index (χ1v) is 10.2. The van der Waals surface area contributed by atoms with Gasteiger partial charge in [-0.25, -0.2) is 8.42 Å². The lowest BCUT2D eigenvalue weighted by Crippen LogP contribution is -2.15. The molecule has 0 saturated carbocycles. The molecule has 3 rings (SSSR count). The van der Waals surface area contributed by atoms with Crippen LogP contribution < -0.4 is 14.9 Å². The minimum Gasteiger partial charge on any atom is -0.495 e. The molecule has 0 amide bonds. The van der Waals surface area contributed by atoms with Gasteiger partial charge in [-0.15, -0.1) is 0 Å². The second-order valence-electron chi connectivity index (χ2n) is 6.45. The van der Waals surface area contributed by atoms with Gasteiger partial charge in [0, 0.05) is 12.1 Å². The molecule has 0 aromatic heterocycles. The molecule has 0 heterocycles. The lowest BCUT2D eigenvalue weighted by atomic mass is 10.3. The molecule has 9 nitrogen and oxygen atoms in total. The topological polar surface area (TPSA) is 123 Å². The van der Waals surface area contributed by atoms with Crippen LogP contribution in [0.25, 0.3) is 0 Å². The largest absolute Gasteiger partial charge is 0.495 e. The number of non-ortho nitro benzene ring substituents is 1. The molecule has 10 heteroatoms. The molecule has 2 aromatic carbocycles. The number of sulfonamides is 1. The smallest absolute Gasteiger partial charge is 0.270 e. The monoisotopic (exact) mass is 416 g/mol. The Kier molecular flexibility index (Phi) is 5.83. The molecule has 0 bridgehead atoms. The third kappa shape index (κ3) is 4.72. The summed E-state index contributed by atoms with van der Waals surface area (Å²) in [5.74, 6) is 0.322. The van der Waals surface area contributed by atoms with Crippen LogP contribution in [0.15, 0.2) is 64.1 Å². The maximum atomic E-state index is 13.0. The molecule has 0 atom stereocenters. The fourth-order valence-electron chi connectivity index (χ4n) is 2.84. The number of para-hydroxylation sites is 2. The van der Waals surface area contributed by atoms with Crippen LogP contribution >= 0.6 is 0 Å². The van der Waals surface area contributed by atoms with Gasteiger partial charge in [0.05, 0.1) is 29.1 Å². The van der Waals surface area contributed by atoms with Gasteiger partial charge < -0.3 is 4.74 Å². The van der Waals surface area contributed by atoms with E-state index in [0.717, 1.165) is 24.6 Å². The van der Waals surface area contributed by atoms with Crippen LogP contribution in [0.3, 0.4) is 0 Å². The number of hydrazone groups is 1. The summed E-state index contributed by atoms with van der Waals surface area (Å²) in [6, 6.07) is 10.0. The average molecular weight is 416 g/mol. The first-order valence-electron chi connectivity index (χ1n) is 8.74. The Hall–Kier alpha value is -3.40. The Balaban J connectivity index is 2.00. The van der Waals surface area contributed by atoms with Gasteiger partial charge in [-0.1, -0.05) is 17.7 Å². The molecule has 2 aromatic rings. The van der Waals surface area contributed by atoms with Crippen molar-refractivity contribution in [2.75, 3.05) is 17.3 Å². The van der Waals surface area contributed by atoms with Crippen LogP contribution in [0.4, 0.5) is 17.1 Å². The number of anilines is 2. The summed E-state index contributed by atoms with van der Waals surface area (Å²) in [5, 5.41) is 15.4. The molecule has 29 heavy (non-hydrogen) atoms. The van der Waals surface area contributed by atoms with E-state index < -0.39 is 14.9 Å². The number of methoxy groups -OCH3 is 1. The number of hydrogen-bond acceptors (Lipinski definition) is 7. The van der Waals surface area contributed by atoms with E-state index >= 15 is 0 Å². The minimum absolute atomic E-state index is 0.128. The number of nitrogens with one attached hydrogen (secondary N) is 2. The zero-order valence-electron chi connectivity index (χ0n) is 15.9. The normalized spacial score (nSPS) is 15.1. The molecular formula is C19H20N4O5S. The molecule has 1 aliphatic carbocycles. The van der Waals surface area contributed by atoms with Crippen LogP contribution in [0.2, 0.25) is 0 Å². The highest BCUT2D eigenvalue weighted by atomic mass is 32.2. The van der Waals surface area contributed by atoms with Crippen molar-refractivity contribution >= 4 is 32.8 Å². The lowest BCUT2D eigenvalue weighted by Gasteiger charge is -2.14. The number of hydrogen-bond donors (Lipinski definition) is 2. The van der Waals surface area contributed by atoms with E-state index in [1.54, 1.807) is 18.2 Å². The highest BCUT2D eigenvalue weighted by Crippen LogP contribution is 2.31. The number of benzene rings is 2. The van der Waals surface area contributed by atoms with Gasteiger partial charge in [0.15, 0.2) is 0 Å². The van der Waals surface area contributed by atoms with E-state index in [1.807, 2.05) is 13.0 Å². The molecular weight excluding hydrogens is 396 g/mol. The number of ether oxygens (including phenoxy) is 1. The van der Waals surface area contributed by atoms with Crippen molar-refractivity contribution in [3.05, 3.63) is 64.2 Å². The Labute approximate surface area is 168 Å². The molecule has 0 saturated heterocycles. The highest BCUT2D eigenvalue weighted by Gasteiger charge is 2.24. The zero-order valence-corrected chi connectivity index (χ0v) is 16.7. The Morgan fingerprint density at radius 2 is 1.90 bits per heavy atom. The summed E-state index contributed by atoms with van der Waals surface area (Å²) in [4.78, 5) is 10.2. The average Bonchev–Trinajstić information content (AvgIpc) is 3.11. The number of allylic oxidation sites excluding steroid dienone is 2. The van der Waals surface area contributed by atoms with Crippen LogP contribution in [0.1, 0.15) is 19.8 Å². The molecule has 0 fully saturated rings. The van der Waals surface area contributed by atoms with E-state index in [2.05, 4.69) is 15.2 Å². The Morgan fingerprint density at radius 3 is 2.55 bits per heavy atom. The first kappa shape index (κ1) is 20.3. The lowest BCUT2D eigenvalue weighted by molar-refractivity contribution is -0.385.